The van der Waals surface area contributed by atoms with E-state index in [1.54, 1.807) is 0 Å². The van der Waals surface area contributed by atoms with Crippen LogP contribution in [-0.4, -0.2) is 10.1 Å². The molecular formula is C11H11BrN2O. The first kappa shape index (κ1) is 10.4. The molecule has 0 saturated heterocycles. The number of halogens is 1. The minimum atomic E-state index is 0.290. The first-order chi connectivity index (χ1) is 7.16. The van der Waals surface area contributed by atoms with Gasteiger partial charge in [0.25, 0.3) is 5.89 Å². The van der Waals surface area contributed by atoms with E-state index in [0.717, 1.165) is 15.9 Å². The minimum Gasteiger partial charge on any atom is -0.334 e. The summed E-state index contributed by atoms with van der Waals surface area (Å²) in [5, 5.41) is 3.92. The number of benzene rings is 1. The van der Waals surface area contributed by atoms with Crippen LogP contribution in [-0.2, 0) is 0 Å². The monoisotopic (exact) mass is 266 g/mol. The van der Waals surface area contributed by atoms with Gasteiger partial charge in [0, 0.05) is 16.0 Å². The van der Waals surface area contributed by atoms with Crippen LogP contribution in [0.4, 0.5) is 0 Å². The summed E-state index contributed by atoms with van der Waals surface area (Å²) in [5.41, 5.74) is 0.942. The number of hydrogen-bond donors (Lipinski definition) is 0. The van der Waals surface area contributed by atoms with Gasteiger partial charge in [-0.3, -0.25) is 0 Å². The molecule has 0 amide bonds. The van der Waals surface area contributed by atoms with Crippen LogP contribution in [0.3, 0.4) is 0 Å². The summed E-state index contributed by atoms with van der Waals surface area (Å²) in [7, 11) is 0. The van der Waals surface area contributed by atoms with Gasteiger partial charge < -0.3 is 4.52 Å². The molecule has 0 fully saturated rings. The average molecular weight is 267 g/mol. The topological polar surface area (TPSA) is 38.9 Å². The number of nitrogens with zero attached hydrogens (tertiary/aromatic N) is 2. The van der Waals surface area contributed by atoms with Crippen LogP contribution in [0.15, 0.2) is 33.3 Å². The molecule has 2 aromatic rings. The van der Waals surface area contributed by atoms with Crippen molar-refractivity contribution in [1.82, 2.24) is 10.1 Å². The summed E-state index contributed by atoms with van der Waals surface area (Å²) >= 11 is 3.38. The van der Waals surface area contributed by atoms with Crippen molar-refractivity contribution in [1.29, 1.82) is 0 Å². The van der Waals surface area contributed by atoms with E-state index < -0.39 is 0 Å². The van der Waals surface area contributed by atoms with E-state index in [9.17, 15) is 0 Å². The lowest BCUT2D eigenvalue weighted by atomic mass is 10.2. The highest BCUT2D eigenvalue weighted by Crippen LogP contribution is 2.21. The molecule has 2 rings (SSSR count). The molecule has 4 heteroatoms. The number of aromatic nitrogens is 2. The standard InChI is InChI=1S/C11H11BrN2O/c1-7(2)10-13-11(15-14-10)8-3-5-9(12)6-4-8/h3-7H,1-2H3. The second-order valence-corrected chi connectivity index (χ2v) is 4.53. The fourth-order valence-electron chi connectivity index (χ4n) is 1.18. The lowest BCUT2D eigenvalue weighted by Gasteiger charge is -1.94. The zero-order valence-electron chi connectivity index (χ0n) is 8.57. The maximum atomic E-state index is 5.18. The molecule has 0 saturated carbocycles. The van der Waals surface area contributed by atoms with Crippen molar-refractivity contribution in [3.63, 3.8) is 0 Å². The summed E-state index contributed by atoms with van der Waals surface area (Å²) in [6.07, 6.45) is 0. The maximum absolute atomic E-state index is 5.18. The summed E-state index contributed by atoms with van der Waals surface area (Å²) in [5.74, 6) is 1.61. The van der Waals surface area contributed by atoms with Gasteiger partial charge in [-0.05, 0) is 24.3 Å². The van der Waals surface area contributed by atoms with Crippen LogP contribution in [0.25, 0.3) is 11.5 Å². The van der Waals surface area contributed by atoms with Gasteiger partial charge in [-0.15, -0.1) is 0 Å². The van der Waals surface area contributed by atoms with Crippen molar-refractivity contribution in [3.8, 4) is 11.5 Å². The molecule has 0 aliphatic carbocycles. The van der Waals surface area contributed by atoms with Gasteiger partial charge in [-0.1, -0.05) is 34.9 Å². The highest BCUT2D eigenvalue weighted by molar-refractivity contribution is 9.10. The first-order valence-corrected chi connectivity index (χ1v) is 5.55. The minimum absolute atomic E-state index is 0.290. The molecule has 78 valence electrons. The predicted octanol–water partition coefficient (Wildman–Crippen LogP) is 3.62. The van der Waals surface area contributed by atoms with Gasteiger partial charge in [-0.25, -0.2) is 0 Å². The lowest BCUT2D eigenvalue weighted by Crippen LogP contribution is -1.89. The van der Waals surface area contributed by atoms with Crippen molar-refractivity contribution in [3.05, 3.63) is 34.6 Å². The van der Waals surface area contributed by atoms with E-state index in [4.69, 9.17) is 4.52 Å². The van der Waals surface area contributed by atoms with Crippen molar-refractivity contribution < 1.29 is 4.52 Å². The molecule has 0 spiro atoms. The Morgan fingerprint density at radius 2 is 1.87 bits per heavy atom. The van der Waals surface area contributed by atoms with Crippen LogP contribution < -0.4 is 0 Å². The summed E-state index contributed by atoms with van der Waals surface area (Å²) < 4.78 is 6.21. The Morgan fingerprint density at radius 3 is 2.40 bits per heavy atom. The maximum Gasteiger partial charge on any atom is 0.257 e. The van der Waals surface area contributed by atoms with Crippen molar-refractivity contribution in [2.24, 2.45) is 0 Å². The molecule has 0 N–H and O–H groups in total. The van der Waals surface area contributed by atoms with Crippen LogP contribution in [0.5, 0.6) is 0 Å². The zero-order chi connectivity index (χ0) is 10.8. The largest absolute Gasteiger partial charge is 0.334 e. The van der Waals surface area contributed by atoms with Crippen LogP contribution in [0.2, 0.25) is 0 Å². The first-order valence-electron chi connectivity index (χ1n) is 4.76. The van der Waals surface area contributed by atoms with Gasteiger partial charge in [-0.2, -0.15) is 4.98 Å². The van der Waals surface area contributed by atoms with E-state index >= 15 is 0 Å². The highest BCUT2D eigenvalue weighted by atomic mass is 79.9. The predicted molar refractivity (Wildman–Crippen MR) is 61.5 cm³/mol. The molecule has 1 heterocycles. The third kappa shape index (κ3) is 2.26. The normalized spacial score (nSPS) is 10.9. The molecule has 1 aromatic carbocycles. The lowest BCUT2D eigenvalue weighted by molar-refractivity contribution is 0.419. The van der Waals surface area contributed by atoms with E-state index in [-0.39, 0.29) is 5.92 Å². The molecule has 0 aliphatic rings. The second-order valence-electron chi connectivity index (χ2n) is 3.62. The Kier molecular flexibility index (Phi) is 2.86. The van der Waals surface area contributed by atoms with Crippen LogP contribution in [0.1, 0.15) is 25.6 Å². The Labute approximate surface area is 96.6 Å². The summed E-state index contributed by atoms with van der Waals surface area (Å²) in [4.78, 5) is 4.32. The van der Waals surface area contributed by atoms with Gasteiger partial charge >= 0.3 is 0 Å². The number of rotatable bonds is 2. The summed E-state index contributed by atoms with van der Waals surface area (Å²) in [6.45, 7) is 4.08. The molecule has 15 heavy (non-hydrogen) atoms. The SMILES string of the molecule is CC(C)c1noc(-c2ccc(Br)cc2)n1. The van der Waals surface area contributed by atoms with Crippen molar-refractivity contribution in [2.75, 3.05) is 0 Å². The fourth-order valence-corrected chi connectivity index (χ4v) is 1.44. The fraction of sp³-hybridized carbons (Fsp3) is 0.273. The molecule has 0 bridgehead atoms. The van der Waals surface area contributed by atoms with Crippen molar-refractivity contribution in [2.45, 2.75) is 19.8 Å². The third-order valence-corrected chi connectivity index (χ3v) is 2.58. The van der Waals surface area contributed by atoms with Crippen LogP contribution in [0, 0.1) is 0 Å². The smallest absolute Gasteiger partial charge is 0.257 e. The van der Waals surface area contributed by atoms with Crippen molar-refractivity contribution >= 4 is 15.9 Å². The molecule has 3 nitrogen and oxygen atoms in total. The van der Waals surface area contributed by atoms with Gasteiger partial charge in [0.15, 0.2) is 5.82 Å². The molecular weight excluding hydrogens is 256 g/mol. The Bertz CT molecular complexity index is 448. The third-order valence-electron chi connectivity index (χ3n) is 2.05. The van der Waals surface area contributed by atoms with Crippen LogP contribution >= 0.6 is 15.9 Å². The molecule has 0 atom stereocenters. The van der Waals surface area contributed by atoms with E-state index in [1.807, 2.05) is 38.1 Å². The van der Waals surface area contributed by atoms with Gasteiger partial charge in [0.2, 0.25) is 0 Å². The molecule has 1 aromatic heterocycles. The highest BCUT2D eigenvalue weighted by Gasteiger charge is 2.10. The Hall–Kier alpha value is -1.16. The van der Waals surface area contributed by atoms with Gasteiger partial charge in [0.1, 0.15) is 0 Å². The van der Waals surface area contributed by atoms with E-state index in [0.29, 0.717) is 5.89 Å². The summed E-state index contributed by atoms with van der Waals surface area (Å²) in [6, 6.07) is 7.80. The zero-order valence-corrected chi connectivity index (χ0v) is 10.2. The van der Waals surface area contributed by atoms with Gasteiger partial charge in [0.05, 0.1) is 0 Å². The van der Waals surface area contributed by atoms with E-state index in [1.165, 1.54) is 0 Å². The van der Waals surface area contributed by atoms with E-state index in [2.05, 4.69) is 26.1 Å². The average Bonchev–Trinajstić information content (AvgIpc) is 2.68. The Balaban J connectivity index is 2.33. The molecule has 0 radical (unpaired) electrons. The number of hydrogen-bond acceptors (Lipinski definition) is 3. The molecule has 0 unspecified atom stereocenters. The Morgan fingerprint density at radius 1 is 1.20 bits per heavy atom. The quantitative estimate of drug-likeness (QED) is 0.834. The molecule has 0 aliphatic heterocycles. The second kappa shape index (κ2) is 4.14.